The fourth-order valence-electron chi connectivity index (χ4n) is 2.06. The lowest BCUT2D eigenvalue weighted by molar-refractivity contribution is -0.137. The standard InChI is InChI=1S/C15H13F4N/c1-20-9-10-6-7-14(16)12(8-10)11-4-2-3-5-13(11)15(17,18)19/h2-8,20H,9H2,1H3. The maximum atomic E-state index is 13.9. The Hall–Kier alpha value is -1.88. The summed E-state index contributed by atoms with van der Waals surface area (Å²) in [4.78, 5) is 0. The van der Waals surface area contributed by atoms with Gasteiger partial charge in [-0.3, -0.25) is 0 Å². The molecule has 2 aromatic rings. The predicted octanol–water partition coefficient (Wildman–Crippen LogP) is 4.23. The van der Waals surface area contributed by atoms with Crippen molar-refractivity contribution in [1.29, 1.82) is 0 Å². The van der Waals surface area contributed by atoms with Crippen molar-refractivity contribution in [2.24, 2.45) is 0 Å². The van der Waals surface area contributed by atoms with Crippen molar-refractivity contribution >= 4 is 0 Å². The minimum atomic E-state index is -4.51. The van der Waals surface area contributed by atoms with E-state index in [-0.39, 0.29) is 11.1 Å². The van der Waals surface area contributed by atoms with Gasteiger partial charge < -0.3 is 5.32 Å². The molecule has 0 atom stereocenters. The summed E-state index contributed by atoms with van der Waals surface area (Å²) in [5.41, 5.74) is -0.289. The molecule has 0 aliphatic carbocycles. The molecule has 0 unspecified atom stereocenters. The fourth-order valence-corrected chi connectivity index (χ4v) is 2.06. The van der Waals surface area contributed by atoms with Crippen LogP contribution in [-0.2, 0) is 12.7 Å². The Labute approximate surface area is 114 Å². The smallest absolute Gasteiger partial charge is 0.316 e. The van der Waals surface area contributed by atoms with Gasteiger partial charge in [-0.15, -0.1) is 0 Å². The van der Waals surface area contributed by atoms with Crippen LogP contribution in [0.5, 0.6) is 0 Å². The van der Waals surface area contributed by atoms with Crippen molar-refractivity contribution in [3.05, 3.63) is 59.4 Å². The molecule has 0 saturated heterocycles. The van der Waals surface area contributed by atoms with E-state index in [1.54, 1.807) is 13.1 Å². The van der Waals surface area contributed by atoms with E-state index in [1.165, 1.54) is 30.3 Å². The second-order valence-corrected chi connectivity index (χ2v) is 4.39. The average Bonchev–Trinajstić information content (AvgIpc) is 2.40. The molecule has 2 rings (SSSR count). The zero-order valence-corrected chi connectivity index (χ0v) is 10.8. The lowest BCUT2D eigenvalue weighted by Gasteiger charge is -2.14. The summed E-state index contributed by atoms with van der Waals surface area (Å²) in [6.07, 6.45) is -4.51. The summed E-state index contributed by atoms with van der Waals surface area (Å²) >= 11 is 0. The first-order chi connectivity index (χ1) is 9.43. The molecule has 0 fully saturated rings. The van der Waals surface area contributed by atoms with Crippen LogP contribution in [0.15, 0.2) is 42.5 Å². The van der Waals surface area contributed by atoms with Gasteiger partial charge in [0.15, 0.2) is 0 Å². The second-order valence-electron chi connectivity index (χ2n) is 4.39. The normalized spacial score (nSPS) is 11.7. The van der Waals surface area contributed by atoms with E-state index in [2.05, 4.69) is 5.32 Å². The summed E-state index contributed by atoms with van der Waals surface area (Å²) in [7, 11) is 1.71. The Morgan fingerprint density at radius 2 is 1.70 bits per heavy atom. The van der Waals surface area contributed by atoms with Gasteiger partial charge in [-0.1, -0.05) is 24.3 Å². The van der Waals surface area contributed by atoms with Crippen LogP contribution >= 0.6 is 0 Å². The van der Waals surface area contributed by atoms with Gasteiger partial charge in [-0.2, -0.15) is 13.2 Å². The van der Waals surface area contributed by atoms with Crippen molar-refractivity contribution in [2.75, 3.05) is 7.05 Å². The molecule has 1 N–H and O–H groups in total. The molecular weight excluding hydrogens is 270 g/mol. The van der Waals surface area contributed by atoms with E-state index in [9.17, 15) is 17.6 Å². The number of nitrogens with one attached hydrogen (secondary N) is 1. The maximum absolute atomic E-state index is 13.9. The molecule has 5 heteroatoms. The number of hydrogen-bond donors (Lipinski definition) is 1. The van der Waals surface area contributed by atoms with Gasteiger partial charge in [0.05, 0.1) is 5.56 Å². The highest BCUT2D eigenvalue weighted by atomic mass is 19.4. The van der Waals surface area contributed by atoms with Crippen molar-refractivity contribution < 1.29 is 17.6 Å². The summed E-state index contributed by atoms with van der Waals surface area (Å²) in [6, 6.07) is 9.18. The molecule has 0 aliphatic heterocycles. The van der Waals surface area contributed by atoms with Crippen LogP contribution in [0.4, 0.5) is 17.6 Å². The number of halogens is 4. The maximum Gasteiger partial charge on any atom is 0.417 e. The zero-order chi connectivity index (χ0) is 14.8. The Kier molecular flexibility index (Phi) is 4.09. The summed E-state index contributed by atoms with van der Waals surface area (Å²) in [6.45, 7) is 0.460. The first-order valence-corrected chi connectivity index (χ1v) is 6.03. The molecule has 0 radical (unpaired) electrons. The van der Waals surface area contributed by atoms with Gasteiger partial charge >= 0.3 is 6.18 Å². The molecule has 0 aliphatic rings. The Balaban J connectivity index is 2.59. The van der Waals surface area contributed by atoms with E-state index < -0.39 is 17.6 Å². The monoisotopic (exact) mass is 283 g/mol. The third kappa shape index (κ3) is 2.99. The lowest BCUT2D eigenvalue weighted by atomic mass is 9.97. The second kappa shape index (κ2) is 5.63. The first kappa shape index (κ1) is 14.5. The molecule has 1 nitrogen and oxygen atoms in total. The van der Waals surface area contributed by atoms with E-state index in [4.69, 9.17) is 0 Å². The molecular formula is C15H13F4N. The summed E-state index contributed by atoms with van der Waals surface area (Å²) in [5, 5.41) is 2.88. The highest BCUT2D eigenvalue weighted by molar-refractivity contribution is 5.69. The summed E-state index contributed by atoms with van der Waals surface area (Å²) < 4.78 is 52.8. The van der Waals surface area contributed by atoms with Crippen molar-refractivity contribution in [1.82, 2.24) is 5.32 Å². The van der Waals surface area contributed by atoms with Crippen LogP contribution in [0, 0.1) is 5.82 Å². The molecule has 0 spiro atoms. The minimum absolute atomic E-state index is 0.0364. The van der Waals surface area contributed by atoms with Crippen LogP contribution in [0.3, 0.4) is 0 Å². The van der Waals surface area contributed by atoms with E-state index in [1.807, 2.05) is 0 Å². The largest absolute Gasteiger partial charge is 0.417 e. The molecule has 0 saturated carbocycles. The van der Waals surface area contributed by atoms with Gasteiger partial charge in [0.1, 0.15) is 5.82 Å². The van der Waals surface area contributed by atoms with Gasteiger partial charge in [0.2, 0.25) is 0 Å². The number of rotatable bonds is 3. The molecule has 0 amide bonds. The molecule has 0 bridgehead atoms. The molecule has 20 heavy (non-hydrogen) atoms. The Morgan fingerprint density at radius 3 is 2.35 bits per heavy atom. The topological polar surface area (TPSA) is 12.0 Å². The molecule has 0 heterocycles. The van der Waals surface area contributed by atoms with Gasteiger partial charge in [-0.05, 0) is 36.4 Å². The highest BCUT2D eigenvalue weighted by Crippen LogP contribution is 2.37. The van der Waals surface area contributed by atoms with E-state index >= 15 is 0 Å². The van der Waals surface area contributed by atoms with Crippen molar-refractivity contribution in [3.63, 3.8) is 0 Å². The number of benzene rings is 2. The van der Waals surface area contributed by atoms with Crippen LogP contribution in [0.1, 0.15) is 11.1 Å². The first-order valence-electron chi connectivity index (χ1n) is 6.03. The van der Waals surface area contributed by atoms with Crippen molar-refractivity contribution in [2.45, 2.75) is 12.7 Å². The third-order valence-electron chi connectivity index (χ3n) is 2.93. The fraction of sp³-hybridized carbons (Fsp3) is 0.200. The van der Waals surface area contributed by atoms with Gasteiger partial charge in [0.25, 0.3) is 0 Å². The van der Waals surface area contributed by atoms with E-state index in [0.29, 0.717) is 6.54 Å². The van der Waals surface area contributed by atoms with Gasteiger partial charge in [-0.25, -0.2) is 4.39 Å². The van der Waals surface area contributed by atoms with Crippen LogP contribution in [-0.4, -0.2) is 7.05 Å². The lowest BCUT2D eigenvalue weighted by Crippen LogP contribution is -2.08. The zero-order valence-electron chi connectivity index (χ0n) is 10.8. The SMILES string of the molecule is CNCc1ccc(F)c(-c2ccccc2C(F)(F)F)c1. The molecule has 106 valence electrons. The average molecular weight is 283 g/mol. The molecule has 0 aromatic heterocycles. The molecule has 2 aromatic carbocycles. The van der Waals surface area contributed by atoms with Crippen LogP contribution < -0.4 is 5.32 Å². The van der Waals surface area contributed by atoms with E-state index in [0.717, 1.165) is 11.6 Å². The van der Waals surface area contributed by atoms with Gasteiger partial charge in [0, 0.05) is 12.1 Å². The quantitative estimate of drug-likeness (QED) is 0.831. The number of hydrogen-bond acceptors (Lipinski definition) is 1. The van der Waals surface area contributed by atoms with Crippen LogP contribution in [0.2, 0.25) is 0 Å². The Morgan fingerprint density at radius 1 is 1.00 bits per heavy atom. The minimum Gasteiger partial charge on any atom is -0.316 e. The summed E-state index contributed by atoms with van der Waals surface area (Å²) in [5.74, 6) is -0.665. The third-order valence-corrected chi connectivity index (χ3v) is 2.93. The van der Waals surface area contributed by atoms with Crippen molar-refractivity contribution in [3.8, 4) is 11.1 Å². The number of alkyl halides is 3. The van der Waals surface area contributed by atoms with Crippen LogP contribution in [0.25, 0.3) is 11.1 Å². The highest BCUT2D eigenvalue weighted by Gasteiger charge is 2.33. The predicted molar refractivity (Wildman–Crippen MR) is 69.6 cm³/mol. The Bertz CT molecular complexity index is 605.